The highest BCUT2D eigenvalue weighted by atomic mass is 79.9. The summed E-state index contributed by atoms with van der Waals surface area (Å²) >= 11 is 3.77. The van der Waals surface area contributed by atoms with Crippen LogP contribution in [0.2, 0.25) is 0 Å². The van der Waals surface area contributed by atoms with Gasteiger partial charge < -0.3 is 15.0 Å². The molecular weight excluding hydrogens is 354 g/mol. The number of rotatable bonds is 6. The fraction of sp³-hybridized carbons (Fsp3) is 0.667. The molecule has 2 fully saturated rings. The van der Waals surface area contributed by atoms with Gasteiger partial charge in [0.15, 0.2) is 0 Å². The van der Waals surface area contributed by atoms with E-state index in [4.69, 9.17) is 4.74 Å². The predicted octanol–water partition coefficient (Wildman–Crippen LogP) is 1.77. The van der Waals surface area contributed by atoms with Crippen molar-refractivity contribution in [3.63, 3.8) is 0 Å². The van der Waals surface area contributed by atoms with Crippen LogP contribution in [-0.4, -0.2) is 75.4 Å². The van der Waals surface area contributed by atoms with Crippen LogP contribution in [0.15, 0.2) is 22.7 Å². The summed E-state index contributed by atoms with van der Waals surface area (Å²) in [7, 11) is 0. The minimum atomic E-state index is 0.881. The summed E-state index contributed by atoms with van der Waals surface area (Å²) in [5.41, 5.74) is 2.85. The Labute approximate surface area is 148 Å². The fourth-order valence-electron chi connectivity index (χ4n) is 3.27. The number of benzene rings is 1. The summed E-state index contributed by atoms with van der Waals surface area (Å²) in [5, 5.41) is 3.41. The number of ether oxygens (including phenoxy) is 1. The zero-order valence-electron chi connectivity index (χ0n) is 13.9. The van der Waals surface area contributed by atoms with Gasteiger partial charge in [0.2, 0.25) is 0 Å². The minimum absolute atomic E-state index is 0.881. The Bertz CT molecular complexity index is 485. The zero-order valence-corrected chi connectivity index (χ0v) is 15.5. The van der Waals surface area contributed by atoms with Crippen molar-refractivity contribution in [2.45, 2.75) is 12.8 Å². The largest absolute Gasteiger partial charge is 0.379 e. The number of halogens is 1. The van der Waals surface area contributed by atoms with Crippen molar-refractivity contribution in [2.75, 3.05) is 65.6 Å². The molecule has 1 aromatic carbocycles. The molecule has 5 heteroatoms. The lowest BCUT2D eigenvalue weighted by molar-refractivity contribution is 0.0384. The third kappa shape index (κ3) is 5.54. The van der Waals surface area contributed by atoms with Crippen LogP contribution in [0.4, 0.5) is 0 Å². The van der Waals surface area contributed by atoms with E-state index in [1.54, 1.807) is 0 Å². The first-order valence-electron chi connectivity index (χ1n) is 8.82. The van der Waals surface area contributed by atoms with E-state index in [1.807, 2.05) is 0 Å². The van der Waals surface area contributed by atoms with Crippen LogP contribution >= 0.6 is 15.9 Å². The van der Waals surface area contributed by atoms with Crippen LogP contribution in [0.5, 0.6) is 0 Å². The monoisotopic (exact) mass is 381 g/mol. The summed E-state index contributed by atoms with van der Waals surface area (Å²) in [6, 6.07) is 6.93. The summed E-state index contributed by atoms with van der Waals surface area (Å²) < 4.78 is 6.68. The van der Waals surface area contributed by atoms with Gasteiger partial charge in [-0.3, -0.25) is 4.90 Å². The van der Waals surface area contributed by atoms with Gasteiger partial charge in [-0.05, 0) is 30.0 Å². The molecular formula is C18H28BrN3O. The second kappa shape index (κ2) is 9.14. The number of morpholine rings is 1. The molecule has 0 radical (unpaired) electrons. The zero-order chi connectivity index (χ0) is 15.9. The van der Waals surface area contributed by atoms with Gasteiger partial charge in [-0.15, -0.1) is 0 Å². The molecule has 0 saturated carbocycles. The van der Waals surface area contributed by atoms with Crippen molar-refractivity contribution >= 4 is 15.9 Å². The molecule has 2 saturated heterocycles. The number of hydrogen-bond donors (Lipinski definition) is 1. The van der Waals surface area contributed by atoms with Gasteiger partial charge in [-0.2, -0.15) is 0 Å². The smallest absolute Gasteiger partial charge is 0.0594 e. The van der Waals surface area contributed by atoms with E-state index >= 15 is 0 Å². The second-order valence-corrected chi connectivity index (χ2v) is 7.33. The molecule has 4 nitrogen and oxygen atoms in total. The quantitative estimate of drug-likeness (QED) is 0.812. The van der Waals surface area contributed by atoms with Crippen molar-refractivity contribution in [3.05, 3.63) is 33.8 Å². The number of nitrogens with one attached hydrogen (secondary N) is 1. The first kappa shape index (κ1) is 17.4. The Morgan fingerprint density at radius 1 is 0.957 bits per heavy atom. The van der Waals surface area contributed by atoms with E-state index in [0.29, 0.717) is 0 Å². The van der Waals surface area contributed by atoms with E-state index in [0.717, 1.165) is 58.8 Å². The normalized spacial score (nSPS) is 20.7. The molecule has 2 aliphatic rings. The molecule has 0 aliphatic carbocycles. The molecule has 1 N–H and O–H groups in total. The molecule has 23 heavy (non-hydrogen) atoms. The first-order valence-corrected chi connectivity index (χ1v) is 9.61. The molecule has 0 aromatic heterocycles. The van der Waals surface area contributed by atoms with E-state index in [2.05, 4.69) is 49.2 Å². The van der Waals surface area contributed by atoms with Gasteiger partial charge in [0.25, 0.3) is 0 Å². The molecule has 0 spiro atoms. The lowest BCUT2D eigenvalue weighted by Crippen LogP contribution is -2.44. The number of piperazine rings is 1. The van der Waals surface area contributed by atoms with E-state index in [1.165, 1.54) is 35.2 Å². The highest BCUT2D eigenvalue weighted by Gasteiger charge is 2.12. The van der Waals surface area contributed by atoms with Crippen LogP contribution in [0.25, 0.3) is 0 Å². The van der Waals surface area contributed by atoms with Crippen LogP contribution in [0.3, 0.4) is 0 Å². The van der Waals surface area contributed by atoms with Gasteiger partial charge >= 0.3 is 0 Å². The number of nitrogens with zero attached hydrogens (tertiary/aromatic N) is 2. The van der Waals surface area contributed by atoms with Crippen molar-refractivity contribution < 1.29 is 4.74 Å². The van der Waals surface area contributed by atoms with Crippen LogP contribution in [0, 0.1) is 0 Å². The molecule has 0 unspecified atom stereocenters. The van der Waals surface area contributed by atoms with Crippen molar-refractivity contribution in [2.24, 2.45) is 0 Å². The summed E-state index contributed by atoms with van der Waals surface area (Å²) in [4.78, 5) is 5.05. The predicted molar refractivity (Wildman–Crippen MR) is 98.1 cm³/mol. The first-order chi connectivity index (χ1) is 11.3. The molecule has 3 rings (SSSR count). The van der Waals surface area contributed by atoms with Gasteiger partial charge in [-0.25, -0.2) is 0 Å². The molecule has 1 aromatic rings. The van der Waals surface area contributed by atoms with Crippen molar-refractivity contribution in [1.29, 1.82) is 0 Å². The Morgan fingerprint density at radius 2 is 1.65 bits per heavy atom. The maximum atomic E-state index is 5.41. The highest BCUT2D eigenvalue weighted by molar-refractivity contribution is 9.10. The van der Waals surface area contributed by atoms with Crippen LogP contribution in [-0.2, 0) is 17.6 Å². The van der Waals surface area contributed by atoms with Gasteiger partial charge in [0.1, 0.15) is 0 Å². The lowest BCUT2D eigenvalue weighted by atomic mass is 10.1. The average Bonchev–Trinajstić information content (AvgIpc) is 2.61. The second-order valence-electron chi connectivity index (χ2n) is 6.47. The molecule has 0 atom stereocenters. The highest BCUT2D eigenvalue weighted by Crippen LogP contribution is 2.20. The summed E-state index contributed by atoms with van der Waals surface area (Å²) in [5.74, 6) is 0. The van der Waals surface area contributed by atoms with Crippen LogP contribution in [0.1, 0.15) is 11.1 Å². The minimum Gasteiger partial charge on any atom is -0.379 e. The average molecular weight is 382 g/mol. The number of hydrogen-bond acceptors (Lipinski definition) is 4. The van der Waals surface area contributed by atoms with Gasteiger partial charge in [0, 0.05) is 56.8 Å². The Balaban J connectivity index is 1.46. The Kier molecular flexibility index (Phi) is 6.90. The molecule has 0 bridgehead atoms. The standard InChI is InChI=1S/C18H28BrN3O/c19-18-15-16(3-7-21-9-5-20-6-10-21)1-2-17(18)4-8-22-11-13-23-14-12-22/h1-2,15,20H,3-14H2. The van der Waals surface area contributed by atoms with Gasteiger partial charge in [0.05, 0.1) is 13.2 Å². The fourth-order valence-corrected chi connectivity index (χ4v) is 3.90. The lowest BCUT2D eigenvalue weighted by Gasteiger charge is -2.27. The summed E-state index contributed by atoms with van der Waals surface area (Å²) in [6.45, 7) is 10.8. The molecule has 2 aliphatic heterocycles. The maximum absolute atomic E-state index is 5.41. The molecule has 2 heterocycles. The third-order valence-corrected chi connectivity index (χ3v) is 5.58. The summed E-state index contributed by atoms with van der Waals surface area (Å²) in [6.07, 6.45) is 2.25. The Morgan fingerprint density at radius 3 is 2.39 bits per heavy atom. The van der Waals surface area contributed by atoms with E-state index < -0.39 is 0 Å². The van der Waals surface area contributed by atoms with E-state index in [9.17, 15) is 0 Å². The van der Waals surface area contributed by atoms with Crippen molar-refractivity contribution in [3.8, 4) is 0 Å². The van der Waals surface area contributed by atoms with E-state index in [-0.39, 0.29) is 0 Å². The SMILES string of the molecule is Brc1cc(CCN2CCNCC2)ccc1CCN1CCOCC1. The van der Waals surface area contributed by atoms with Crippen LogP contribution < -0.4 is 5.32 Å². The van der Waals surface area contributed by atoms with Gasteiger partial charge in [-0.1, -0.05) is 28.1 Å². The Hall–Kier alpha value is -0.460. The third-order valence-electron chi connectivity index (χ3n) is 4.84. The van der Waals surface area contributed by atoms with Crippen molar-refractivity contribution in [1.82, 2.24) is 15.1 Å². The molecule has 128 valence electrons. The molecule has 0 amide bonds. The topological polar surface area (TPSA) is 27.7 Å². The maximum Gasteiger partial charge on any atom is 0.0594 e.